The minimum absolute atomic E-state index is 0.0741. The number of anilines is 1. The van der Waals surface area contributed by atoms with E-state index >= 15 is 0 Å². The van der Waals surface area contributed by atoms with Crippen LogP contribution in [0.25, 0.3) is 0 Å². The lowest BCUT2D eigenvalue weighted by atomic mass is 10.1. The van der Waals surface area contributed by atoms with E-state index in [4.69, 9.17) is 14.2 Å². The third-order valence-electron chi connectivity index (χ3n) is 5.57. The minimum Gasteiger partial charge on any atom is -0.497 e. The van der Waals surface area contributed by atoms with Crippen molar-refractivity contribution in [3.05, 3.63) is 54.1 Å². The zero-order valence-corrected chi connectivity index (χ0v) is 16.9. The fraction of sp³-hybridized carbons (Fsp3) is 0.435. The highest BCUT2D eigenvalue weighted by Crippen LogP contribution is 2.22. The third-order valence-corrected chi connectivity index (χ3v) is 5.57. The Labute approximate surface area is 172 Å². The van der Waals surface area contributed by atoms with Gasteiger partial charge in [-0.3, -0.25) is 4.79 Å². The Bertz CT molecular complexity index is 793. The number of ether oxygens (including phenoxy) is 3. The van der Waals surface area contributed by atoms with Crippen LogP contribution in [0.4, 0.5) is 5.69 Å². The lowest BCUT2D eigenvalue weighted by Crippen LogP contribution is -2.48. The number of hydrogen-bond acceptors (Lipinski definition) is 5. The molecular formula is C23H28N2O4. The van der Waals surface area contributed by atoms with Crippen LogP contribution < -0.4 is 14.4 Å². The van der Waals surface area contributed by atoms with Crippen molar-refractivity contribution in [1.82, 2.24) is 4.90 Å². The number of methoxy groups -OCH3 is 1. The molecule has 2 aromatic rings. The molecule has 0 bridgehead atoms. The quantitative estimate of drug-likeness (QED) is 0.751. The Kier molecular flexibility index (Phi) is 6.20. The van der Waals surface area contributed by atoms with Crippen LogP contribution in [0.2, 0.25) is 0 Å². The summed E-state index contributed by atoms with van der Waals surface area (Å²) in [6, 6.07) is 15.5. The van der Waals surface area contributed by atoms with E-state index in [9.17, 15) is 4.79 Å². The lowest BCUT2D eigenvalue weighted by Gasteiger charge is -2.36. The monoisotopic (exact) mass is 396 g/mol. The number of benzene rings is 2. The van der Waals surface area contributed by atoms with E-state index in [1.807, 2.05) is 41.3 Å². The molecular weight excluding hydrogens is 368 g/mol. The maximum absolute atomic E-state index is 12.8. The number of piperazine rings is 1. The van der Waals surface area contributed by atoms with Crippen LogP contribution in [-0.4, -0.2) is 63.4 Å². The van der Waals surface area contributed by atoms with Gasteiger partial charge in [-0.05, 0) is 61.4 Å². The molecule has 2 saturated heterocycles. The number of hydrogen-bond donors (Lipinski definition) is 0. The van der Waals surface area contributed by atoms with Gasteiger partial charge in [0, 0.05) is 44.0 Å². The fourth-order valence-corrected chi connectivity index (χ4v) is 3.80. The number of amides is 1. The smallest absolute Gasteiger partial charge is 0.253 e. The Morgan fingerprint density at radius 3 is 2.31 bits per heavy atom. The molecule has 0 radical (unpaired) electrons. The Hall–Kier alpha value is -2.73. The van der Waals surface area contributed by atoms with Crippen LogP contribution in [0.15, 0.2) is 48.5 Å². The van der Waals surface area contributed by atoms with E-state index in [1.54, 1.807) is 7.11 Å². The Balaban J connectivity index is 1.28. The predicted octanol–water partition coefficient (Wildman–Crippen LogP) is 3.22. The van der Waals surface area contributed by atoms with E-state index in [-0.39, 0.29) is 12.0 Å². The summed E-state index contributed by atoms with van der Waals surface area (Å²) in [6.07, 6.45) is 2.35. The first-order chi connectivity index (χ1) is 14.2. The van der Waals surface area contributed by atoms with E-state index in [1.165, 1.54) is 0 Å². The molecule has 0 saturated carbocycles. The van der Waals surface area contributed by atoms with Crippen molar-refractivity contribution >= 4 is 11.6 Å². The second-order valence-electron chi connectivity index (χ2n) is 7.45. The molecule has 1 amide bonds. The van der Waals surface area contributed by atoms with E-state index in [0.29, 0.717) is 25.3 Å². The molecule has 6 nitrogen and oxygen atoms in total. The summed E-state index contributed by atoms with van der Waals surface area (Å²) < 4.78 is 16.6. The summed E-state index contributed by atoms with van der Waals surface area (Å²) in [5.41, 5.74) is 1.86. The van der Waals surface area contributed by atoms with Crippen LogP contribution in [-0.2, 0) is 4.74 Å². The molecule has 0 aliphatic carbocycles. The van der Waals surface area contributed by atoms with Crippen LogP contribution >= 0.6 is 0 Å². The topological polar surface area (TPSA) is 51.2 Å². The number of nitrogens with zero attached hydrogens (tertiary/aromatic N) is 2. The second kappa shape index (κ2) is 9.18. The van der Waals surface area contributed by atoms with Gasteiger partial charge in [-0.1, -0.05) is 0 Å². The molecule has 2 aliphatic heterocycles. The molecule has 0 aromatic heterocycles. The summed E-state index contributed by atoms with van der Waals surface area (Å²) in [7, 11) is 1.67. The maximum Gasteiger partial charge on any atom is 0.253 e. The predicted molar refractivity (Wildman–Crippen MR) is 112 cm³/mol. The van der Waals surface area contributed by atoms with Gasteiger partial charge in [0.1, 0.15) is 18.1 Å². The van der Waals surface area contributed by atoms with Gasteiger partial charge in [0.2, 0.25) is 0 Å². The van der Waals surface area contributed by atoms with Crippen LogP contribution in [0.5, 0.6) is 11.5 Å². The van der Waals surface area contributed by atoms with Gasteiger partial charge in [-0.25, -0.2) is 0 Å². The van der Waals surface area contributed by atoms with Gasteiger partial charge in [-0.15, -0.1) is 0 Å². The molecule has 1 atom stereocenters. The van der Waals surface area contributed by atoms with E-state index < -0.39 is 0 Å². The summed E-state index contributed by atoms with van der Waals surface area (Å²) >= 11 is 0. The summed E-state index contributed by atoms with van der Waals surface area (Å²) in [6.45, 7) is 4.46. The van der Waals surface area contributed by atoms with Crippen molar-refractivity contribution in [1.29, 1.82) is 0 Å². The van der Waals surface area contributed by atoms with Crippen LogP contribution in [0.1, 0.15) is 23.2 Å². The zero-order valence-electron chi connectivity index (χ0n) is 16.9. The first-order valence-electron chi connectivity index (χ1n) is 10.3. The molecule has 2 aliphatic rings. The van der Waals surface area contributed by atoms with Crippen molar-refractivity contribution in [2.24, 2.45) is 0 Å². The highest BCUT2D eigenvalue weighted by atomic mass is 16.5. The molecule has 2 aromatic carbocycles. The maximum atomic E-state index is 12.8. The summed E-state index contributed by atoms with van der Waals surface area (Å²) in [5.74, 6) is 1.71. The molecule has 29 heavy (non-hydrogen) atoms. The SMILES string of the molecule is COc1ccc(N2CCN(C(=O)c3ccc(OC[C@H]4CCCO4)cc3)CC2)cc1. The van der Waals surface area contributed by atoms with Gasteiger partial charge < -0.3 is 24.0 Å². The van der Waals surface area contributed by atoms with Gasteiger partial charge >= 0.3 is 0 Å². The zero-order chi connectivity index (χ0) is 20.1. The van der Waals surface area contributed by atoms with Crippen molar-refractivity contribution in [3.8, 4) is 11.5 Å². The number of carbonyl (C=O) groups is 1. The van der Waals surface area contributed by atoms with E-state index in [2.05, 4.69) is 17.0 Å². The van der Waals surface area contributed by atoms with Gasteiger partial charge in [-0.2, -0.15) is 0 Å². The number of carbonyl (C=O) groups excluding carboxylic acids is 1. The molecule has 2 fully saturated rings. The lowest BCUT2D eigenvalue weighted by molar-refractivity contribution is 0.0678. The number of rotatable bonds is 6. The van der Waals surface area contributed by atoms with Crippen molar-refractivity contribution < 1.29 is 19.0 Å². The van der Waals surface area contributed by atoms with Crippen molar-refractivity contribution in [2.75, 3.05) is 51.4 Å². The summed E-state index contributed by atoms with van der Waals surface area (Å²) in [5, 5.41) is 0. The Morgan fingerprint density at radius 1 is 1.00 bits per heavy atom. The standard InChI is InChI=1S/C23H28N2O4/c1-27-20-10-6-19(7-11-20)24-12-14-25(15-13-24)23(26)18-4-8-21(9-5-18)29-17-22-3-2-16-28-22/h4-11,22H,2-3,12-17H2,1H3/t22-/m1/s1. The molecule has 154 valence electrons. The molecule has 0 unspecified atom stereocenters. The average Bonchev–Trinajstić information content (AvgIpc) is 3.31. The minimum atomic E-state index is 0.0741. The van der Waals surface area contributed by atoms with Crippen molar-refractivity contribution in [2.45, 2.75) is 18.9 Å². The molecule has 0 spiro atoms. The normalized spacial score (nSPS) is 19.3. The van der Waals surface area contributed by atoms with Crippen molar-refractivity contribution in [3.63, 3.8) is 0 Å². The van der Waals surface area contributed by atoms with Gasteiger partial charge in [0.05, 0.1) is 13.2 Å². The largest absolute Gasteiger partial charge is 0.497 e. The van der Waals surface area contributed by atoms with Crippen LogP contribution in [0.3, 0.4) is 0 Å². The first-order valence-corrected chi connectivity index (χ1v) is 10.3. The van der Waals surface area contributed by atoms with Crippen LogP contribution in [0, 0.1) is 0 Å². The first kappa shape index (κ1) is 19.6. The summed E-state index contributed by atoms with van der Waals surface area (Å²) in [4.78, 5) is 17.1. The Morgan fingerprint density at radius 2 is 1.69 bits per heavy atom. The highest BCUT2D eigenvalue weighted by Gasteiger charge is 2.22. The molecule has 4 rings (SSSR count). The third kappa shape index (κ3) is 4.82. The van der Waals surface area contributed by atoms with Gasteiger partial charge in [0.15, 0.2) is 0 Å². The molecule has 2 heterocycles. The second-order valence-corrected chi connectivity index (χ2v) is 7.45. The molecule has 0 N–H and O–H groups in total. The van der Waals surface area contributed by atoms with E-state index in [0.717, 1.165) is 49.7 Å². The van der Waals surface area contributed by atoms with Gasteiger partial charge in [0.25, 0.3) is 5.91 Å². The highest BCUT2D eigenvalue weighted by molar-refractivity contribution is 5.94. The fourth-order valence-electron chi connectivity index (χ4n) is 3.80. The average molecular weight is 396 g/mol. The molecule has 6 heteroatoms.